The van der Waals surface area contributed by atoms with Gasteiger partial charge in [0.2, 0.25) is 0 Å². The summed E-state index contributed by atoms with van der Waals surface area (Å²) in [6, 6.07) is 8.93. The highest BCUT2D eigenvalue weighted by Gasteiger charge is 2.28. The summed E-state index contributed by atoms with van der Waals surface area (Å²) < 4.78 is 7.79. The Balaban J connectivity index is 1.69. The first-order valence-electron chi connectivity index (χ1n) is 11.4. The van der Waals surface area contributed by atoms with Crippen LogP contribution >= 0.6 is 0 Å². The van der Waals surface area contributed by atoms with Crippen LogP contribution in [0, 0.1) is 20.8 Å². The fraction of sp³-hybridized carbons (Fsp3) is 0.560. The molecule has 2 aromatic rings. The first-order valence-corrected chi connectivity index (χ1v) is 11.4. The molecule has 0 atom stereocenters. The molecule has 30 heavy (non-hydrogen) atoms. The molecular formula is C25H35N3O2. The summed E-state index contributed by atoms with van der Waals surface area (Å²) in [7, 11) is 0. The first-order chi connectivity index (χ1) is 14.5. The summed E-state index contributed by atoms with van der Waals surface area (Å²) in [5, 5.41) is 3.35. The Morgan fingerprint density at radius 3 is 2.37 bits per heavy atom. The number of nitrogens with one attached hydrogen (secondary N) is 1. The molecule has 1 amide bonds. The van der Waals surface area contributed by atoms with E-state index in [-0.39, 0.29) is 5.91 Å². The number of amides is 1. The number of nitrogens with zero attached hydrogens (tertiary/aromatic N) is 2. The Hall–Kier alpha value is -2.27. The van der Waals surface area contributed by atoms with E-state index in [0.29, 0.717) is 12.6 Å². The lowest BCUT2D eigenvalue weighted by molar-refractivity contribution is 0.0918. The van der Waals surface area contributed by atoms with Gasteiger partial charge in [-0.3, -0.25) is 4.79 Å². The highest BCUT2D eigenvalue weighted by Crippen LogP contribution is 2.32. The van der Waals surface area contributed by atoms with E-state index in [2.05, 4.69) is 59.8 Å². The van der Waals surface area contributed by atoms with Crippen molar-refractivity contribution in [1.29, 1.82) is 0 Å². The lowest BCUT2D eigenvalue weighted by atomic mass is 9.95. The molecule has 2 aliphatic rings. The monoisotopic (exact) mass is 409 g/mol. The SMILES string of the molecule is Cc1ccc(Cn2c(C)c(N3CCOCC3)c(C)c2C(=O)NC2CCCCC2)cc1. The number of rotatable bonds is 5. The number of aromatic nitrogens is 1. The van der Waals surface area contributed by atoms with Crippen molar-refractivity contribution in [2.45, 2.75) is 65.5 Å². The number of hydrogen-bond donors (Lipinski definition) is 1. The van der Waals surface area contributed by atoms with E-state index in [1.165, 1.54) is 41.8 Å². The molecule has 1 saturated heterocycles. The minimum Gasteiger partial charge on any atom is -0.378 e. The number of carbonyl (C=O) groups excluding carboxylic acids is 1. The van der Waals surface area contributed by atoms with Crippen LogP contribution in [-0.2, 0) is 11.3 Å². The van der Waals surface area contributed by atoms with Crippen molar-refractivity contribution >= 4 is 11.6 Å². The Morgan fingerprint density at radius 2 is 1.70 bits per heavy atom. The summed E-state index contributed by atoms with van der Waals surface area (Å²) in [5.41, 5.74) is 6.76. The fourth-order valence-electron chi connectivity index (χ4n) is 5.00. The third-order valence-electron chi connectivity index (χ3n) is 6.67. The van der Waals surface area contributed by atoms with Crippen LogP contribution in [0.4, 0.5) is 5.69 Å². The van der Waals surface area contributed by atoms with Crippen LogP contribution < -0.4 is 10.2 Å². The standard InChI is InChI=1S/C25H35N3O2/c1-18-9-11-21(12-10-18)17-28-20(3)23(27-13-15-30-16-14-27)19(2)24(28)25(29)26-22-7-5-4-6-8-22/h9-12,22H,4-8,13-17H2,1-3H3,(H,26,29). The van der Waals surface area contributed by atoms with Gasteiger partial charge in [0.15, 0.2) is 0 Å². The molecule has 5 nitrogen and oxygen atoms in total. The zero-order valence-corrected chi connectivity index (χ0v) is 18.7. The molecule has 0 unspecified atom stereocenters. The van der Waals surface area contributed by atoms with E-state index in [0.717, 1.165) is 50.4 Å². The maximum absolute atomic E-state index is 13.5. The fourth-order valence-corrected chi connectivity index (χ4v) is 5.00. The van der Waals surface area contributed by atoms with Crippen molar-refractivity contribution in [2.24, 2.45) is 0 Å². The molecule has 1 aliphatic carbocycles. The summed E-state index contributed by atoms with van der Waals surface area (Å²) in [5.74, 6) is 0.0779. The molecule has 5 heteroatoms. The maximum Gasteiger partial charge on any atom is 0.268 e. The molecule has 2 heterocycles. The van der Waals surface area contributed by atoms with Crippen molar-refractivity contribution in [3.8, 4) is 0 Å². The lowest BCUT2D eigenvalue weighted by Crippen LogP contribution is -2.38. The molecule has 1 aliphatic heterocycles. The topological polar surface area (TPSA) is 46.5 Å². The Labute approximate surface area is 180 Å². The summed E-state index contributed by atoms with van der Waals surface area (Å²) in [6.07, 6.45) is 5.91. The van der Waals surface area contributed by atoms with E-state index in [1.807, 2.05) is 0 Å². The van der Waals surface area contributed by atoms with Gasteiger partial charge >= 0.3 is 0 Å². The highest BCUT2D eigenvalue weighted by atomic mass is 16.5. The van der Waals surface area contributed by atoms with Crippen molar-refractivity contribution < 1.29 is 9.53 Å². The van der Waals surface area contributed by atoms with Gasteiger partial charge in [-0.25, -0.2) is 0 Å². The molecule has 0 spiro atoms. The van der Waals surface area contributed by atoms with E-state index in [9.17, 15) is 4.79 Å². The van der Waals surface area contributed by atoms with Crippen LogP contribution in [0.2, 0.25) is 0 Å². The summed E-state index contributed by atoms with van der Waals surface area (Å²) in [6.45, 7) is 10.3. The average molecular weight is 410 g/mol. The van der Waals surface area contributed by atoms with Gasteiger partial charge in [0.1, 0.15) is 5.69 Å². The van der Waals surface area contributed by atoms with Crippen LogP contribution in [0.5, 0.6) is 0 Å². The predicted octanol–water partition coefficient (Wildman–Crippen LogP) is 4.36. The zero-order chi connectivity index (χ0) is 21.1. The normalized spacial score (nSPS) is 17.9. The van der Waals surface area contributed by atoms with Crippen LogP contribution in [-0.4, -0.2) is 42.8 Å². The van der Waals surface area contributed by atoms with Gasteiger partial charge in [0.25, 0.3) is 5.91 Å². The van der Waals surface area contributed by atoms with Crippen LogP contribution in [0.1, 0.15) is 65.0 Å². The molecular weight excluding hydrogens is 374 g/mol. The molecule has 1 saturated carbocycles. The van der Waals surface area contributed by atoms with Crippen molar-refractivity contribution in [3.63, 3.8) is 0 Å². The number of carbonyl (C=O) groups is 1. The molecule has 2 fully saturated rings. The molecule has 4 rings (SSSR count). The number of aryl methyl sites for hydroxylation is 1. The van der Waals surface area contributed by atoms with E-state index in [1.54, 1.807) is 0 Å². The maximum atomic E-state index is 13.5. The van der Waals surface area contributed by atoms with Gasteiger partial charge in [-0.2, -0.15) is 0 Å². The average Bonchev–Trinajstić information content (AvgIpc) is 3.00. The van der Waals surface area contributed by atoms with Gasteiger partial charge in [-0.05, 0) is 39.2 Å². The number of ether oxygens (including phenoxy) is 1. The summed E-state index contributed by atoms with van der Waals surface area (Å²) in [4.78, 5) is 15.9. The number of anilines is 1. The third kappa shape index (κ3) is 4.41. The molecule has 1 aromatic carbocycles. The first kappa shape index (κ1) is 21.0. The van der Waals surface area contributed by atoms with Gasteiger partial charge < -0.3 is 19.5 Å². The largest absolute Gasteiger partial charge is 0.378 e. The minimum atomic E-state index is 0.0779. The number of morpholine rings is 1. The van der Waals surface area contributed by atoms with Crippen molar-refractivity contribution in [1.82, 2.24) is 9.88 Å². The van der Waals surface area contributed by atoms with Crippen LogP contribution in [0.15, 0.2) is 24.3 Å². The second-order valence-corrected chi connectivity index (χ2v) is 8.89. The third-order valence-corrected chi connectivity index (χ3v) is 6.67. The van der Waals surface area contributed by atoms with Gasteiger partial charge in [-0.1, -0.05) is 49.1 Å². The Bertz CT molecular complexity index is 873. The molecule has 1 aromatic heterocycles. The highest BCUT2D eigenvalue weighted by molar-refractivity contribution is 5.97. The van der Waals surface area contributed by atoms with E-state index >= 15 is 0 Å². The molecule has 1 N–H and O–H groups in total. The second kappa shape index (κ2) is 9.25. The quantitative estimate of drug-likeness (QED) is 0.798. The van der Waals surface area contributed by atoms with Crippen molar-refractivity contribution in [3.05, 3.63) is 52.3 Å². The minimum absolute atomic E-state index is 0.0779. The molecule has 162 valence electrons. The number of benzene rings is 1. The van der Waals surface area contributed by atoms with Gasteiger partial charge in [0, 0.05) is 36.9 Å². The Morgan fingerprint density at radius 1 is 1.03 bits per heavy atom. The second-order valence-electron chi connectivity index (χ2n) is 8.89. The van der Waals surface area contributed by atoms with E-state index < -0.39 is 0 Å². The zero-order valence-electron chi connectivity index (χ0n) is 18.7. The van der Waals surface area contributed by atoms with Crippen molar-refractivity contribution in [2.75, 3.05) is 31.2 Å². The smallest absolute Gasteiger partial charge is 0.268 e. The number of hydrogen-bond acceptors (Lipinski definition) is 3. The molecule has 0 bridgehead atoms. The molecule has 0 radical (unpaired) electrons. The van der Waals surface area contributed by atoms with Crippen LogP contribution in [0.25, 0.3) is 0 Å². The predicted molar refractivity (Wildman–Crippen MR) is 122 cm³/mol. The lowest BCUT2D eigenvalue weighted by Gasteiger charge is -2.29. The van der Waals surface area contributed by atoms with Gasteiger partial charge in [-0.15, -0.1) is 0 Å². The van der Waals surface area contributed by atoms with E-state index in [4.69, 9.17) is 4.74 Å². The van der Waals surface area contributed by atoms with Gasteiger partial charge in [0.05, 0.1) is 18.9 Å². The van der Waals surface area contributed by atoms with Crippen LogP contribution in [0.3, 0.4) is 0 Å². The Kier molecular flexibility index (Phi) is 6.47. The summed E-state index contributed by atoms with van der Waals surface area (Å²) >= 11 is 0.